The molecule has 8 heteroatoms. The van der Waals surface area contributed by atoms with Gasteiger partial charge in [-0.1, -0.05) is 12.1 Å². The van der Waals surface area contributed by atoms with Gasteiger partial charge in [-0.25, -0.2) is 9.99 Å². The Morgan fingerprint density at radius 3 is 2.53 bits per heavy atom. The molecule has 3 aromatic rings. The zero-order chi connectivity index (χ0) is 23.9. The van der Waals surface area contributed by atoms with E-state index in [9.17, 15) is 4.79 Å². The largest absolute Gasteiger partial charge is 0.384 e. The molecule has 34 heavy (non-hydrogen) atoms. The van der Waals surface area contributed by atoms with E-state index < -0.39 is 0 Å². The first-order valence-electron chi connectivity index (χ1n) is 12.2. The lowest BCUT2D eigenvalue weighted by molar-refractivity contribution is 0.0773. The van der Waals surface area contributed by atoms with Crippen LogP contribution in [0.25, 0.3) is 22.2 Å². The average Bonchev–Trinajstić information content (AvgIpc) is 2.88. The Morgan fingerprint density at radius 1 is 1.09 bits per heavy atom. The number of rotatable bonds is 9. The van der Waals surface area contributed by atoms with Gasteiger partial charge in [-0.2, -0.15) is 0 Å². The Bertz CT molecular complexity index is 1090. The van der Waals surface area contributed by atoms with Crippen molar-refractivity contribution < 1.29 is 4.79 Å². The van der Waals surface area contributed by atoms with Crippen molar-refractivity contribution in [3.63, 3.8) is 0 Å². The predicted octanol–water partition coefficient (Wildman–Crippen LogP) is 3.07. The molecule has 1 aliphatic heterocycles. The molecule has 1 aromatic carbocycles. The highest BCUT2D eigenvalue weighted by Crippen LogP contribution is 2.28. The van der Waals surface area contributed by atoms with Crippen LogP contribution >= 0.6 is 0 Å². The Kier molecular flexibility index (Phi) is 8.05. The minimum atomic E-state index is 0.0596. The molecule has 180 valence electrons. The molecule has 1 aliphatic rings. The van der Waals surface area contributed by atoms with Crippen molar-refractivity contribution in [2.24, 2.45) is 5.84 Å². The zero-order valence-electron chi connectivity index (χ0n) is 20.2. The summed E-state index contributed by atoms with van der Waals surface area (Å²) in [7, 11) is 0. The number of hydrogen-bond acceptors (Lipinski definition) is 7. The maximum Gasteiger partial charge on any atom is 0.253 e. The highest BCUT2D eigenvalue weighted by Gasteiger charge is 2.15. The van der Waals surface area contributed by atoms with Crippen molar-refractivity contribution in [2.75, 3.05) is 57.7 Å². The number of nitrogens with one attached hydrogen (secondary N) is 1. The van der Waals surface area contributed by atoms with Crippen LogP contribution in [0.3, 0.4) is 0 Å². The van der Waals surface area contributed by atoms with E-state index in [2.05, 4.69) is 21.3 Å². The normalized spacial score (nSPS) is 14.9. The number of nitrogens with two attached hydrogens (primary N) is 1. The van der Waals surface area contributed by atoms with Crippen molar-refractivity contribution in [3.8, 4) is 11.3 Å². The third-order valence-electron chi connectivity index (χ3n) is 6.46. The van der Waals surface area contributed by atoms with Crippen LogP contribution in [-0.4, -0.2) is 83.0 Å². The highest BCUT2D eigenvalue weighted by atomic mass is 16.2. The molecule has 0 saturated carbocycles. The lowest BCUT2D eigenvalue weighted by atomic mass is 10.1. The second-order valence-electron chi connectivity index (χ2n) is 8.66. The lowest BCUT2D eigenvalue weighted by Gasteiger charge is -2.31. The number of piperazine rings is 1. The first-order valence-corrected chi connectivity index (χ1v) is 12.2. The number of carbonyl (C=O) groups excluding carboxylic acids is 1. The van der Waals surface area contributed by atoms with Gasteiger partial charge in [-0.15, -0.1) is 0 Å². The summed E-state index contributed by atoms with van der Waals surface area (Å²) in [4.78, 5) is 26.1. The molecule has 1 fully saturated rings. The van der Waals surface area contributed by atoms with E-state index >= 15 is 0 Å². The van der Waals surface area contributed by atoms with Gasteiger partial charge in [0.25, 0.3) is 5.91 Å². The molecule has 2 aromatic heterocycles. The quantitative estimate of drug-likeness (QED) is 0.374. The third kappa shape index (κ3) is 5.70. The van der Waals surface area contributed by atoms with Crippen molar-refractivity contribution >= 4 is 22.5 Å². The summed E-state index contributed by atoms with van der Waals surface area (Å²) in [6.45, 7) is 11.2. The van der Waals surface area contributed by atoms with Gasteiger partial charge in [0.15, 0.2) is 0 Å². The summed E-state index contributed by atoms with van der Waals surface area (Å²) in [5.41, 5.74) is 4.49. The summed E-state index contributed by atoms with van der Waals surface area (Å²) in [5, 5.41) is 6.50. The molecule has 3 heterocycles. The van der Waals surface area contributed by atoms with Gasteiger partial charge < -0.3 is 15.1 Å². The van der Waals surface area contributed by atoms with Gasteiger partial charge in [0.2, 0.25) is 0 Å². The lowest BCUT2D eigenvalue weighted by Crippen LogP contribution is -2.49. The average molecular weight is 462 g/mol. The molecule has 0 unspecified atom stereocenters. The van der Waals surface area contributed by atoms with E-state index in [0.717, 1.165) is 73.5 Å². The summed E-state index contributed by atoms with van der Waals surface area (Å²) in [6.07, 6.45) is 4.68. The molecule has 1 saturated heterocycles. The number of pyridine rings is 2. The van der Waals surface area contributed by atoms with E-state index in [1.54, 1.807) is 6.20 Å². The predicted molar refractivity (Wildman–Crippen MR) is 138 cm³/mol. The highest BCUT2D eigenvalue weighted by molar-refractivity contribution is 5.95. The molecule has 8 nitrogen and oxygen atoms in total. The van der Waals surface area contributed by atoms with Crippen LogP contribution in [0.5, 0.6) is 0 Å². The van der Waals surface area contributed by atoms with Crippen molar-refractivity contribution in [2.45, 2.75) is 20.3 Å². The number of benzene rings is 1. The molecule has 0 atom stereocenters. The van der Waals surface area contributed by atoms with Crippen molar-refractivity contribution in [1.29, 1.82) is 0 Å². The fraction of sp³-hybridized carbons (Fsp3) is 0.423. The van der Waals surface area contributed by atoms with Crippen LogP contribution in [-0.2, 0) is 0 Å². The molecular formula is C26H35N7O. The van der Waals surface area contributed by atoms with E-state index in [0.29, 0.717) is 18.7 Å². The van der Waals surface area contributed by atoms with Crippen LogP contribution in [0, 0.1) is 0 Å². The smallest absolute Gasteiger partial charge is 0.253 e. The molecule has 3 N–H and O–H groups in total. The number of carbonyl (C=O) groups is 1. The van der Waals surface area contributed by atoms with Crippen LogP contribution in [0.1, 0.15) is 30.6 Å². The van der Waals surface area contributed by atoms with Crippen LogP contribution in [0.4, 0.5) is 5.69 Å². The number of fused-ring (bicyclic) bond motifs is 1. The zero-order valence-corrected chi connectivity index (χ0v) is 20.2. The second-order valence-corrected chi connectivity index (χ2v) is 8.66. The third-order valence-corrected chi connectivity index (χ3v) is 6.46. The minimum Gasteiger partial charge on any atom is -0.384 e. The number of nitrogens with zero attached hydrogens (tertiary/aromatic N) is 5. The van der Waals surface area contributed by atoms with Gasteiger partial charge in [0.05, 0.1) is 11.2 Å². The summed E-state index contributed by atoms with van der Waals surface area (Å²) < 4.78 is 0. The number of aromatic nitrogens is 2. The van der Waals surface area contributed by atoms with Gasteiger partial charge in [-0.3, -0.25) is 15.6 Å². The van der Waals surface area contributed by atoms with Crippen LogP contribution in [0.15, 0.2) is 48.8 Å². The Labute approximate surface area is 201 Å². The van der Waals surface area contributed by atoms with Gasteiger partial charge in [0.1, 0.15) is 0 Å². The van der Waals surface area contributed by atoms with E-state index in [1.165, 1.54) is 0 Å². The van der Waals surface area contributed by atoms with E-state index in [4.69, 9.17) is 10.8 Å². The van der Waals surface area contributed by atoms with Crippen molar-refractivity contribution in [1.82, 2.24) is 24.8 Å². The molecule has 0 aliphatic carbocycles. The number of anilines is 1. The number of hydrazine groups is 1. The summed E-state index contributed by atoms with van der Waals surface area (Å²) >= 11 is 0. The maximum atomic E-state index is 12.6. The minimum absolute atomic E-state index is 0.0596. The SMILES string of the molecule is CCN(CC)C(=O)c1ccc(-c2cc(NCCCN3CCN(N)CC3)c3cnccc3n2)cc1. The molecule has 0 radical (unpaired) electrons. The summed E-state index contributed by atoms with van der Waals surface area (Å²) in [5.74, 6) is 5.91. The standard InChI is InChI=1S/C26H35N7O/c1-3-32(4-2)26(34)21-8-6-20(7-9-21)24-18-25(22-19-28-12-10-23(22)30-24)29-11-5-13-31-14-16-33(27)17-15-31/h6-10,12,18-19H,3-5,11,13-17,27H2,1-2H3,(H,29,30). The molecule has 0 spiro atoms. The fourth-order valence-electron chi connectivity index (χ4n) is 4.35. The maximum absolute atomic E-state index is 12.6. The van der Waals surface area contributed by atoms with Crippen LogP contribution < -0.4 is 11.2 Å². The summed E-state index contributed by atoms with van der Waals surface area (Å²) in [6, 6.07) is 11.8. The van der Waals surface area contributed by atoms with Gasteiger partial charge in [-0.05, 0) is 51.1 Å². The number of amides is 1. The molecule has 1 amide bonds. The van der Waals surface area contributed by atoms with Gasteiger partial charge >= 0.3 is 0 Å². The fourth-order valence-corrected chi connectivity index (χ4v) is 4.35. The number of hydrogen-bond donors (Lipinski definition) is 2. The monoisotopic (exact) mass is 461 g/mol. The topological polar surface area (TPSA) is 90.6 Å². The van der Waals surface area contributed by atoms with Gasteiger partial charge in [0, 0.05) is 80.4 Å². The molecular weight excluding hydrogens is 426 g/mol. The molecule has 4 rings (SSSR count). The Hall–Kier alpha value is -3.07. The Morgan fingerprint density at radius 2 is 1.82 bits per heavy atom. The first-order chi connectivity index (χ1) is 16.6. The Balaban J connectivity index is 1.48. The van der Waals surface area contributed by atoms with Crippen LogP contribution in [0.2, 0.25) is 0 Å². The molecule has 0 bridgehead atoms. The second kappa shape index (κ2) is 11.4. The van der Waals surface area contributed by atoms with E-state index in [1.807, 2.05) is 60.3 Å². The van der Waals surface area contributed by atoms with Crippen molar-refractivity contribution in [3.05, 3.63) is 54.4 Å². The first kappa shape index (κ1) is 24.1. The van der Waals surface area contributed by atoms with E-state index in [-0.39, 0.29) is 5.91 Å².